The molecule has 4 rings (SSSR count). The minimum Gasteiger partial charge on any atom is -0.493 e. The molecule has 0 bridgehead atoms. The van der Waals surface area contributed by atoms with E-state index in [1.54, 1.807) is 32.0 Å². The van der Waals surface area contributed by atoms with Crippen LogP contribution in [0.4, 0.5) is 22.0 Å². The Morgan fingerprint density at radius 3 is 2.47 bits per heavy atom. The Balaban J connectivity index is 2.02. The van der Waals surface area contributed by atoms with Crippen molar-refractivity contribution in [3.63, 3.8) is 0 Å². The standard InChI is InChI=1S/C24H20BrClF5N3O4/c1-3-36-16-7-5-6-13(19(16)25)20-14-10-12(24(29,30)31)8-9-15(14)34-21(32-33-22(34)23(26,27)28)17(38-20)11-18(35)37-4-2/h5-10,17,20H,3-4,11H2,1-2H3/t17-,20-/m1/s1. The maximum absolute atomic E-state index is 14.4. The molecule has 1 aliphatic heterocycles. The first-order valence-corrected chi connectivity index (χ1v) is 12.5. The first kappa shape index (κ1) is 28.2. The molecule has 0 fully saturated rings. The summed E-state index contributed by atoms with van der Waals surface area (Å²) in [7, 11) is 0. The Kier molecular flexibility index (Phi) is 8.01. The van der Waals surface area contributed by atoms with Crippen LogP contribution >= 0.6 is 27.5 Å². The van der Waals surface area contributed by atoms with Gasteiger partial charge in [0.1, 0.15) is 18.0 Å². The van der Waals surface area contributed by atoms with Crippen molar-refractivity contribution < 1.29 is 41.0 Å². The summed E-state index contributed by atoms with van der Waals surface area (Å²) in [5, 5.41) is 3.24. The number of rotatable bonds is 7. The molecular weight excluding hydrogens is 605 g/mol. The lowest BCUT2D eigenvalue weighted by Crippen LogP contribution is -2.18. The van der Waals surface area contributed by atoms with Crippen molar-refractivity contribution in [2.45, 2.75) is 44.0 Å². The fraction of sp³-hybridized carbons (Fsp3) is 0.375. The van der Waals surface area contributed by atoms with Crippen molar-refractivity contribution in [1.82, 2.24) is 14.8 Å². The molecule has 2 atom stereocenters. The van der Waals surface area contributed by atoms with Crippen LogP contribution in [0.3, 0.4) is 0 Å². The van der Waals surface area contributed by atoms with Gasteiger partial charge in [0.25, 0.3) is 0 Å². The first-order valence-electron chi connectivity index (χ1n) is 11.3. The molecular formula is C24H20BrClF5N3O4. The van der Waals surface area contributed by atoms with Gasteiger partial charge in [-0.3, -0.25) is 9.36 Å². The molecule has 2 aromatic carbocycles. The Bertz CT molecular complexity index is 1350. The first-order chi connectivity index (χ1) is 17.9. The predicted molar refractivity (Wildman–Crippen MR) is 128 cm³/mol. The highest BCUT2D eigenvalue weighted by atomic mass is 79.9. The van der Waals surface area contributed by atoms with Crippen LogP contribution in [0.5, 0.6) is 5.75 Å². The highest BCUT2D eigenvalue weighted by molar-refractivity contribution is 9.10. The van der Waals surface area contributed by atoms with Crippen molar-refractivity contribution in [3.05, 3.63) is 69.2 Å². The molecule has 204 valence electrons. The maximum Gasteiger partial charge on any atom is 0.416 e. The topological polar surface area (TPSA) is 75.5 Å². The lowest BCUT2D eigenvalue weighted by molar-refractivity contribution is -0.147. The monoisotopic (exact) mass is 623 g/mol. The van der Waals surface area contributed by atoms with Gasteiger partial charge < -0.3 is 14.2 Å². The van der Waals surface area contributed by atoms with E-state index >= 15 is 0 Å². The minimum atomic E-state index is -4.75. The van der Waals surface area contributed by atoms with E-state index in [1.807, 2.05) is 0 Å². The summed E-state index contributed by atoms with van der Waals surface area (Å²) in [6.07, 6.45) is -7.88. The number of aromatic nitrogens is 3. The van der Waals surface area contributed by atoms with E-state index in [0.717, 1.165) is 22.8 Å². The normalized spacial score (nSPS) is 17.4. The SMILES string of the molecule is CCOC(=O)C[C@H]1O[C@H](c2cccc(OCC)c2Br)c2cc(C(F)(F)F)ccc2-n2c1nnc2C(F)(F)Cl. The molecule has 14 heteroatoms. The van der Waals surface area contributed by atoms with Crippen LogP contribution in [0.25, 0.3) is 5.69 Å². The zero-order valence-electron chi connectivity index (χ0n) is 19.9. The van der Waals surface area contributed by atoms with E-state index in [-0.39, 0.29) is 23.7 Å². The number of fused-ring (bicyclic) bond motifs is 3. The zero-order valence-corrected chi connectivity index (χ0v) is 22.2. The highest BCUT2D eigenvalue weighted by Crippen LogP contribution is 2.47. The smallest absolute Gasteiger partial charge is 0.416 e. The molecule has 0 N–H and O–H groups in total. The zero-order chi connectivity index (χ0) is 27.8. The van der Waals surface area contributed by atoms with Crippen molar-refractivity contribution >= 4 is 33.5 Å². The summed E-state index contributed by atoms with van der Waals surface area (Å²) in [6, 6.07) is 7.37. The van der Waals surface area contributed by atoms with Gasteiger partial charge in [-0.2, -0.15) is 22.0 Å². The van der Waals surface area contributed by atoms with Crippen LogP contribution in [0, 0.1) is 0 Å². The van der Waals surface area contributed by atoms with Crippen LogP contribution in [0.15, 0.2) is 40.9 Å². The largest absolute Gasteiger partial charge is 0.493 e. The number of alkyl halides is 6. The predicted octanol–water partition coefficient (Wildman–Crippen LogP) is 6.85. The average molecular weight is 625 g/mol. The molecule has 1 aliphatic rings. The van der Waals surface area contributed by atoms with Gasteiger partial charge in [-0.15, -0.1) is 10.2 Å². The Morgan fingerprint density at radius 1 is 1.11 bits per heavy atom. The second-order valence-corrected chi connectivity index (χ2v) is 9.36. The van der Waals surface area contributed by atoms with E-state index in [0.29, 0.717) is 22.4 Å². The van der Waals surface area contributed by atoms with Gasteiger partial charge in [-0.1, -0.05) is 12.1 Å². The second-order valence-electron chi connectivity index (χ2n) is 8.09. The van der Waals surface area contributed by atoms with E-state index in [2.05, 4.69) is 26.1 Å². The third-order valence-corrected chi connectivity index (χ3v) is 6.66. The summed E-state index contributed by atoms with van der Waals surface area (Å²) in [5.41, 5.74) is -0.981. The van der Waals surface area contributed by atoms with Crippen molar-refractivity contribution in [3.8, 4) is 11.4 Å². The number of ether oxygens (including phenoxy) is 3. The molecule has 0 spiro atoms. The van der Waals surface area contributed by atoms with Gasteiger partial charge in [-0.25, -0.2) is 0 Å². The van der Waals surface area contributed by atoms with E-state index in [1.165, 1.54) is 0 Å². The number of benzene rings is 2. The fourth-order valence-corrected chi connectivity index (χ4v) is 4.83. The molecule has 7 nitrogen and oxygen atoms in total. The summed E-state index contributed by atoms with van der Waals surface area (Å²) < 4.78 is 88.1. The third kappa shape index (κ3) is 5.50. The number of halogens is 7. The van der Waals surface area contributed by atoms with Gasteiger partial charge in [0.05, 0.1) is 35.4 Å². The lowest BCUT2D eigenvalue weighted by Gasteiger charge is -2.24. The molecule has 0 amide bonds. The number of carbonyl (C=O) groups is 1. The molecule has 0 saturated heterocycles. The van der Waals surface area contributed by atoms with Crippen LogP contribution in [0.2, 0.25) is 0 Å². The quantitative estimate of drug-likeness (QED) is 0.163. The molecule has 38 heavy (non-hydrogen) atoms. The molecule has 0 unspecified atom stereocenters. The molecule has 0 radical (unpaired) electrons. The Hall–Kier alpha value is -2.77. The fourth-order valence-electron chi connectivity index (χ4n) is 4.12. The van der Waals surface area contributed by atoms with Crippen LogP contribution in [-0.4, -0.2) is 33.9 Å². The Morgan fingerprint density at radius 2 is 1.84 bits per heavy atom. The Labute approximate surface area is 227 Å². The summed E-state index contributed by atoms with van der Waals surface area (Å²) >= 11 is 8.73. The number of esters is 1. The average Bonchev–Trinajstić information content (AvgIpc) is 3.24. The van der Waals surface area contributed by atoms with Crippen molar-refractivity contribution in [2.75, 3.05) is 13.2 Å². The van der Waals surface area contributed by atoms with Crippen molar-refractivity contribution in [1.29, 1.82) is 0 Å². The van der Waals surface area contributed by atoms with Gasteiger partial charge in [-0.05, 0) is 65.6 Å². The van der Waals surface area contributed by atoms with Gasteiger partial charge >= 0.3 is 17.5 Å². The van der Waals surface area contributed by atoms with E-state index in [9.17, 15) is 26.7 Å². The van der Waals surface area contributed by atoms with Crippen LogP contribution < -0.4 is 4.74 Å². The van der Waals surface area contributed by atoms with Gasteiger partial charge in [0.2, 0.25) is 5.82 Å². The maximum atomic E-state index is 14.4. The van der Waals surface area contributed by atoms with E-state index < -0.39 is 47.5 Å². The molecule has 1 aromatic heterocycles. The van der Waals surface area contributed by atoms with Gasteiger partial charge in [0, 0.05) is 11.1 Å². The number of hydrogen-bond acceptors (Lipinski definition) is 6. The lowest BCUT2D eigenvalue weighted by atomic mass is 9.97. The van der Waals surface area contributed by atoms with Gasteiger partial charge in [0.15, 0.2) is 5.82 Å². The molecule has 0 aliphatic carbocycles. The number of hydrogen-bond donors (Lipinski definition) is 0. The summed E-state index contributed by atoms with van der Waals surface area (Å²) in [4.78, 5) is 12.4. The second kappa shape index (κ2) is 10.8. The number of carbonyl (C=O) groups excluding carboxylic acids is 1. The summed E-state index contributed by atoms with van der Waals surface area (Å²) in [5.74, 6) is -1.67. The van der Waals surface area contributed by atoms with Crippen LogP contribution in [-0.2, 0) is 25.8 Å². The molecule has 3 aromatic rings. The molecule has 2 heterocycles. The number of nitrogens with zero attached hydrogens (tertiary/aromatic N) is 3. The van der Waals surface area contributed by atoms with Crippen molar-refractivity contribution in [2.24, 2.45) is 0 Å². The highest BCUT2D eigenvalue weighted by Gasteiger charge is 2.43. The van der Waals surface area contributed by atoms with E-state index in [4.69, 9.17) is 25.8 Å². The minimum absolute atomic E-state index is 0.0315. The molecule has 0 saturated carbocycles. The van der Waals surface area contributed by atoms with Crippen LogP contribution in [0.1, 0.15) is 60.8 Å². The summed E-state index contributed by atoms with van der Waals surface area (Å²) in [6.45, 7) is 3.66. The third-order valence-electron chi connectivity index (χ3n) is 5.64.